The van der Waals surface area contributed by atoms with Gasteiger partial charge in [0.05, 0.1) is 25.8 Å². The maximum absolute atomic E-state index is 12.7. The Bertz CT molecular complexity index is 1170. The number of amides is 2. The lowest BCUT2D eigenvalue weighted by Crippen LogP contribution is -2.24. The fourth-order valence-corrected chi connectivity index (χ4v) is 3.95. The van der Waals surface area contributed by atoms with Crippen LogP contribution in [0.2, 0.25) is 0 Å². The highest BCUT2D eigenvalue weighted by atomic mass is 16.5. The van der Waals surface area contributed by atoms with Gasteiger partial charge in [0.15, 0.2) is 0 Å². The molecular weight excluding hydrogens is 408 g/mol. The molecule has 3 aromatic rings. The molecule has 1 atom stereocenters. The van der Waals surface area contributed by atoms with E-state index in [0.29, 0.717) is 11.5 Å². The van der Waals surface area contributed by atoms with E-state index >= 15 is 0 Å². The number of aromatic nitrogens is 2. The topological polar surface area (TPSA) is 94.5 Å². The number of nitrogens with one attached hydrogen (secondary N) is 2. The fraction of sp³-hybridized carbons (Fsp3) is 0.292. The Hall–Kier alpha value is -3.65. The number of carbonyl (C=O) groups is 2. The van der Waals surface area contributed by atoms with Crippen molar-refractivity contribution < 1.29 is 19.1 Å². The van der Waals surface area contributed by atoms with Gasteiger partial charge in [0.2, 0.25) is 5.91 Å². The molecule has 32 heavy (non-hydrogen) atoms. The van der Waals surface area contributed by atoms with Crippen LogP contribution in [-0.4, -0.2) is 35.8 Å². The van der Waals surface area contributed by atoms with Gasteiger partial charge in [0, 0.05) is 18.4 Å². The Morgan fingerprint density at radius 3 is 2.56 bits per heavy atom. The third-order valence-electron chi connectivity index (χ3n) is 5.52. The molecule has 4 rings (SSSR count). The monoisotopic (exact) mass is 434 g/mol. The molecule has 2 amide bonds. The normalized spacial score (nSPS) is 14.8. The summed E-state index contributed by atoms with van der Waals surface area (Å²) in [6.07, 6.45) is -0.0255. The van der Waals surface area contributed by atoms with E-state index in [0.717, 1.165) is 33.7 Å². The molecular formula is C24H26N4O4. The minimum Gasteiger partial charge on any atom is -0.497 e. The zero-order chi connectivity index (χ0) is 22.8. The van der Waals surface area contributed by atoms with Crippen LogP contribution in [0, 0.1) is 13.8 Å². The predicted octanol–water partition coefficient (Wildman–Crippen LogP) is 3.84. The summed E-state index contributed by atoms with van der Waals surface area (Å²) in [4.78, 5) is 25.5. The average molecular weight is 434 g/mol. The molecule has 2 aromatic carbocycles. The number of anilines is 2. The number of carbonyl (C=O) groups excluding carboxylic acids is 2. The summed E-state index contributed by atoms with van der Waals surface area (Å²) in [6.45, 7) is 4.21. The molecule has 0 aliphatic carbocycles. The number of hydrogen-bond donors (Lipinski definition) is 2. The van der Waals surface area contributed by atoms with Crippen molar-refractivity contribution in [2.24, 2.45) is 0 Å². The molecule has 0 saturated heterocycles. The summed E-state index contributed by atoms with van der Waals surface area (Å²) >= 11 is 0. The van der Waals surface area contributed by atoms with Gasteiger partial charge in [0.1, 0.15) is 17.6 Å². The number of benzene rings is 2. The summed E-state index contributed by atoms with van der Waals surface area (Å²) < 4.78 is 12.2. The summed E-state index contributed by atoms with van der Waals surface area (Å²) in [5.74, 6) is 0.786. The van der Waals surface area contributed by atoms with Gasteiger partial charge in [-0.2, -0.15) is 5.10 Å². The fourth-order valence-electron chi connectivity index (χ4n) is 3.95. The Kier molecular flexibility index (Phi) is 5.96. The van der Waals surface area contributed by atoms with E-state index in [9.17, 15) is 9.59 Å². The molecule has 166 valence electrons. The first-order valence-corrected chi connectivity index (χ1v) is 10.3. The van der Waals surface area contributed by atoms with E-state index in [1.54, 1.807) is 18.9 Å². The van der Waals surface area contributed by atoms with Crippen molar-refractivity contribution in [3.63, 3.8) is 0 Å². The van der Waals surface area contributed by atoms with Crippen molar-refractivity contribution in [1.82, 2.24) is 9.78 Å². The van der Waals surface area contributed by atoms with E-state index in [1.807, 2.05) is 56.3 Å². The Balaban J connectivity index is 1.62. The second-order valence-corrected chi connectivity index (χ2v) is 7.85. The predicted molar refractivity (Wildman–Crippen MR) is 122 cm³/mol. The van der Waals surface area contributed by atoms with Gasteiger partial charge >= 0.3 is 0 Å². The van der Waals surface area contributed by atoms with Crippen molar-refractivity contribution in [2.75, 3.05) is 24.9 Å². The Morgan fingerprint density at radius 2 is 1.91 bits per heavy atom. The Labute approximate surface area is 186 Å². The van der Waals surface area contributed by atoms with E-state index in [2.05, 4.69) is 15.7 Å². The molecule has 0 saturated carbocycles. The number of fused-ring (bicyclic) bond motifs is 1. The van der Waals surface area contributed by atoms with Crippen LogP contribution in [0.25, 0.3) is 11.1 Å². The highest BCUT2D eigenvalue weighted by molar-refractivity contribution is 6.04. The second-order valence-electron chi connectivity index (χ2n) is 7.85. The van der Waals surface area contributed by atoms with Crippen molar-refractivity contribution >= 4 is 23.3 Å². The first-order chi connectivity index (χ1) is 15.4. The quantitative estimate of drug-likeness (QED) is 0.589. The summed E-state index contributed by atoms with van der Waals surface area (Å²) in [6, 6.07) is 12.6. The molecule has 1 aliphatic rings. The maximum Gasteiger partial charge on any atom is 0.251 e. The van der Waals surface area contributed by atoms with Crippen LogP contribution in [0.3, 0.4) is 0 Å². The number of rotatable bonds is 7. The molecule has 0 bridgehead atoms. The van der Waals surface area contributed by atoms with Gasteiger partial charge < -0.3 is 20.1 Å². The molecule has 0 radical (unpaired) electrons. The minimum atomic E-state index is -0.738. The Morgan fingerprint density at radius 1 is 1.16 bits per heavy atom. The van der Waals surface area contributed by atoms with Crippen LogP contribution < -0.4 is 15.4 Å². The lowest BCUT2D eigenvalue weighted by atomic mass is 10.1. The standard InChI is InChI=1S/C24H26N4O4/c1-14-5-10-18(15(2)11-14)25-21(29)12-20-24(30)26-23-22(19(13-31-3)27-28(20)23)16-6-8-17(32-4)9-7-16/h5-11,20H,12-13H2,1-4H3,(H,25,29)(H,26,30). The zero-order valence-electron chi connectivity index (χ0n) is 18.6. The maximum atomic E-state index is 12.7. The van der Waals surface area contributed by atoms with Gasteiger partial charge in [0.25, 0.3) is 5.91 Å². The zero-order valence-corrected chi connectivity index (χ0v) is 18.6. The molecule has 0 spiro atoms. The molecule has 2 heterocycles. The first-order valence-electron chi connectivity index (χ1n) is 10.3. The number of ether oxygens (including phenoxy) is 2. The smallest absolute Gasteiger partial charge is 0.251 e. The first kappa shape index (κ1) is 21.6. The van der Waals surface area contributed by atoms with Crippen molar-refractivity contribution in [3.8, 4) is 16.9 Å². The number of nitrogens with zero attached hydrogens (tertiary/aromatic N) is 2. The summed E-state index contributed by atoms with van der Waals surface area (Å²) in [7, 11) is 3.20. The molecule has 1 unspecified atom stereocenters. The summed E-state index contributed by atoms with van der Waals surface area (Å²) in [5.41, 5.74) is 5.16. The van der Waals surface area contributed by atoms with Crippen LogP contribution in [0.15, 0.2) is 42.5 Å². The average Bonchev–Trinajstić information content (AvgIpc) is 3.25. The van der Waals surface area contributed by atoms with Gasteiger partial charge in [-0.1, -0.05) is 29.8 Å². The third-order valence-corrected chi connectivity index (χ3v) is 5.52. The highest BCUT2D eigenvalue weighted by Gasteiger charge is 2.37. The van der Waals surface area contributed by atoms with Crippen molar-refractivity contribution in [1.29, 1.82) is 0 Å². The second kappa shape index (κ2) is 8.84. The molecule has 2 N–H and O–H groups in total. The van der Waals surface area contributed by atoms with Crippen LogP contribution in [-0.2, 0) is 20.9 Å². The molecule has 1 aromatic heterocycles. The SMILES string of the molecule is COCc1nn2c(c1-c1ccc(OC)cc1)NC(=O)C2CC(=O)Nc1ccc(C)cc1C. The molecule has 8 heteroatoms. The van der Waals surface area contributed by atoms with Gasteiger partial charge in [-0.05, 0) is 43.2 Å². The van der Waals surface area contributed by atoms with E-state index in [4.69, 9.17) is 9.47 Å². The lowest BCUT2D eigenvalue weighted by Gasteiger charge is -2.12. The van der Waals surface area contributed by atoms with Crippen LogP contribution in [0.5, 0.6) is 5.75 Å². The number of methoxy groups -OCH3 is 2. The summed E-state index contributed by atoms with van der Waals surface area (Å²) in [5, 5.41) is 10.4. The van der Waals surface area contributed by atoms with Crippen molar-refractivity contribution in [3.05, 3.63) is 59.3 Å². The highest BCUT2D eigenvalue weighted by Crippen LogP contribution is 2.39. The largest absolute Gasteiger partial charge is 0.497 e. The van der Waals surface area contributed by atoms with Gasteiger partial charge in [-0.15, -0.1) is 0 Å². The molecule has 0 fully saturated rings. The molecule has 8 nitrogen and oxygen atoms in total. The van der Waals surface area contributed by atoms with Crippen LogP contribution in [0.1, 0.15) is 29.3 Å². The van der Waals surface area contributed by atoms with Crippen LogP contribution in [0.4, 0.5) is 11.5 Å². The van der Waals surface area contributed by atoms with Gasteiger partial charge in [-0.3, -0.25) is 9.59 Å². The lowest BCUT2D eigenvalue weighted by molar-refractivity contribution is -0.123. The number of aryl methyl sites for hydroxylation is 2. The van der Waals surface area contributed by atoms with E-state index in [-0.39, 0.29) is 24.8 Å². The third kappa shape index (κ3) is 4.09. The van der Waals surface area contributed by atoms with Crippen LogP contribution >= 0.6 is 0 Å². The van der Waals surface area contributed by atoms with E-state index in [1.165, 1.54) is 0 Å². The van der Waals surface area contributed by atoms with Gasteiger partial charge in [-0.25, -0.2) is 4.68 Å². The number of hydrogen-bond acceptors (Lipinski definition) is 5. The molecule has 1 aliphatic heterocycles. The van der Waals surface area contributed by atoms with Crippen molar-refractivity contribution in [2.45, 2.75) is 32.9 Å². The van der Waals surface area contributed by atoms with E-state index < -0.39 is 6.04 Å². The minimum absolute atomic E-state index is 0.0255.